The number of halogens is 1. The van der Waals surface area contributed by atoms with Gasteiger partial charge < -0.3 is 42.7 Å². The van der Waals surface area contributed by atoms with E-state index in [4.69, 9.17) is 9.84 Å². The monoisotopic (exact) mass is 293 g/mol. The first kappa shape index (κ1) is 15.9. The van der Waals surface area contributed by atoms with Gasteiger partial charge in [0, 0.05) is 13.0 Å². The van der Waals surface area contributed by atoms with Gasteiger partial charge in [-0.1, -0.05) is 0 Å². The van der Waals surface area contributed by atoms with Crippen LogP contribution < -0.4 is 17.0 Å². The van der Waals surface area contributed by atoms with Crippen LogP contribution in [-0.2, 0) is 4.74 Å². The topological polar surface area (TPSA) is 114 Å². The number of aliphatic hydroxyl groups excluding tert-OH is 3. The van der Waals surface area contributed by atoms with Crippen LogP contribution in [0.25, 0.3) is 0 Å². The molecule has 0 saturated carbocycles. The second-order valence-electron chi connectivity index (χ2n) is 4.27. The number of aromatic hydroxyl groups is 2. The molecule has 0 aromatic carbocycles. The molecular weight excluding hydrogens is 278 g/mol. The lowest BCUT2D eigenvalue weighted by molar-refractivity contribution is -0.770. The van der Waals surface area contributed by atoms with Gasteiger partial charge in [0.25, 0.3) is 6.23 Å². The Morgan fingerprint density at radius 3 is 2.42 bits per heavy atom. The lowest BCUT2D eigenvalue weighted by Crippen LogP contribution is -3.00. The van der Waals surface area contributed by atoms with Crippen LogP contribution in [0.1, 0.15) is 11.9 Å². The van der Waals surface area contributed by atoms with E-state index in [2.05, 4.69) is 0 Å². The second-order valence-corrected chi connectivity index (χ2v) is 4.27. The zero-order valence-corrected chi connectivity index (χ0v) is 10.9. The summed E-state index contributed by atoms with van der Waals surface area (Å²) < 4.78 is 6.70. The van der Waals surface area contributed by atoms with Gasteiger partial charge in [0.2, 0.25) is 11.4 Å². The summed E-state index contributed by atoms with van der Waals surface area (Å²) in [6.07, 6.45) is -2.82. The molecule has 108 valence electrons. The molecule has 1 aliphatic rings. The summed E-state index contributed by atoms with van der Waals surface area (Å²) in [6.45, 7) is 1.11. The van der Waals surface area contributed by atoms with Gasteiger partial charge in [0.05, 0.1) is 6.61 Å². The van der Waals surface area contributed by atoms with Crippen LogP contribution in [0.15, 0.2) is 12.3 Å². The van der Waals surface area contributed by atoms with Crippen LogP contribution in [-0.4, -0.2) is 50.5 Å². The van der Waals surface area contributed by atoms with Gasteiger partial charge in [0.1, 0.15) is 12.2 Å². The van der Waals surface area contributed by atoms with Crippen molar-refractivity contribution in [3.05, 3.63) is 18.0 Å². The Bertz CT molecular complexity index is 457. The van der Waals surface area contributed by atoms with Gasteiger partial charge in [-0.15, -0.1) is 0 Å². The van der Waals surface area contributed by atoms with Crippen molar-refractivity contribution in [2.45, 2.75) is 31.5 Å². The summed E-state index contributed by atoms with van der Waals surface area (Å²) in [5.41, 5.74) is 0.282. The van der Waals surface area contributed by atoms with E-state index in [1.165, 1.54) is 23.8 Å². The molecular formula is C11H16ClNO6. The van der Waals surface area contributed by atoms with Gasteiger partial charge in [0.15, 0.2) is 18.1 Å². The lowest BCUT2D eigenvalue weighted by atomic mass is 10.1. The number of ether oxygens (including phenoxy) is 1. The van der Waals surface area contributed by atoms with Crippen LogP contribution in [0.3, 0.4) is 0 Å². The predicted octanol–water partition coefficient (Wildman–Crippen LogP) is -4.69. The van der Waals surface area contributed by atoms with Crippen molar-refractivity contribution in [2.75, 3.05) is 6.61 Å². The molecule has 0 radical (unpaired) electrons. The van der Waals surface area contributed by atoms with Gasteiger partial charge in [-0.3, -0.25) is 0 Å². The average molecular weight is 294 g/mol. The molecule has 4 atom stereocenters. The Balaban J connectivity index is 0.00000180. The maximum Gasteiger partial charge on any atom is 0.292 e. The van der Waals surface area contributed by atoms with Gasteiger partial charge in [-0.25, -0.2) is 0 Å². The van der Waals surface area contributed by atoms with Crippen LogP contribution in [0.5, 0.6) is 11.5 Å². The molecule has 0 amide bonds. The zero-order chi connectivity index (χ0) is 13.4. The van der Waals surface area contributed by atoms with E-state index in [-0.39, 0.29) is 29.6 Å². The number of aromatic nitrogens is 1. The smallest absolute Gasteiger partial charge is 0.292 e. The standard InChI is InChI=1S/C11H15NO6.ClH/c1-5-8(15)6(14)2-3-12(5)11-10(17)9(16)7(4-13)18-11;/h2-3,7,9-11,13,15-17H,4H2,1H3;1H/t7-,9-,10+,11-;/m1./s1. The summed E-state index contributed by atoms with van der Waals surface area (Å²) in [5, 5.41) is 47.4. The fourth-order valence-corrected chi connectivity index (χ4v) is 2.03. The molecule has 2 heterocycles. The van der Waals surface area contributed by atoms with Gasteiger partial charge in [-0.05, 0) is 0 Å². The average Bonchev–Trinajstić information content (AvgIpc) is 2.64. The summed E-state index contributed by atoms with van der Waals surface area (Å²) >= 11 is 0. The molecule has 1 aliphatic heterocycles. The van der Waals surface area contributed by atoms with E-state index in [1.807, 2.05) is 0 Å². The number of rotatable bonds is 2. The van der Waals surface area contributed by atoms with E-state index in [0.29, 0.717) is 0 Å². The minimum absolute atomic E-state index is 0. The van der Waals surface area contributed by atoms with Crippen molar-refractivity contribution in [1.29, 1.82) is 0 Å². The number of pyridine rings is 1. The van der Waals surface area contributed by atoms with Crippen molar-refractivity contribution < 1.29 is 47.2 Å². The van der Waals surface area contributed by atoms with Crippen LogP contribution in [0, 0.1) is 6.92 Å². The first-order valence-electron chi connectivity index (χ1n) is 5.52. The maximum absolute atomic E-state index is 9.85. The van der Waals surface area contributed by atoms with Crippen molar-refractivity contribution in [3.8, 4) is 11.5 Å². The highest BCUT2D eigenvalue weighted by Crippen LogP contribution is 2.30. The van der Waals surface area contributed by atoms with Crippen LogP contribution >= 0.6 is 0 Å². The summed E-state index contributed by atoms with van der Waals surface area (Å²) in [4.78, 5) is 0. The van der Waals surface area contributed by atoms with Crippen LogP contribution in [0.2, 0.25) is 0 Å². The highest BCUT2D eigenvalue weighted by atomic mass is 35.5. The molecule has 5 N–H and O–H groups in total. The SMILES string of the molecule is Cc1c(O)c(O)cc[n+]1[C@@H]1O[C@H](CO)[C@@H](O)[C@@H]1O.[Cl-]. The van der Waals surface area contributed by atoms with Crippen molar-refractivity contribution in [3.63, 3.8) is 0 Å². The molecule has 1 aromatic heterocycles. The fourth-order valence-electron chi connectivity index (χ4n) is 2.03. The zero-order valence-electron chi connectivity index (χ0n) is 10.1. The van der Waals surface area contributed by atoms with Gasteiger partial charge in [-0.2, -0.15) is 4.57 Å². The lowest BCUT2D eigenvalue weighted by Gasteiger charge is -2.12. The number of nitrogens with zero attached hydrogens (tertiary/aromatic N) is 1. The largest absolute Gasteiger partial charge is 1.00 e. The molecule has 0 bridgehead atoms. The molecule has 1 saturated heterocycles. The third-order valence-corrected chi connectivity index (χ3v) is 3.16. The third-order valence-electron chi connectivity index (χ3n) is 3.16. The fraction of sp³-hybridized carbons (Fsp3) is 0.545. The van der Waals surface area contributed by atoms with E-state index in [1.54, 1.807) is 0 Å². The van der Waals surface area contributed by atoms with E-state index < -0.39 is 31.1 Å². The Labute approximate surface area is 115 Å². The van der Waals surface area contributed by atoms with E-state index in [0.717, 1.165) is 0 Å². The molecule has 0 spiro atoms. The Morgan fingerprint density at radius 1 is 1.26 bits per heavy atom. The summed E-state index contributed by atoms with van der Waals surface area (Å²) in [6, 6.07) is 1.25. The minimum atomic E-state index is -1.23. The van der Waals surface area contributed by atoms with Crippen molar-refractivity contribution in [2.24, 2.45) is 0 Å². The molecule has 2 rings (SSSR count). The summed E-state index contributed by atoms with van der Waals surface area (Å²) in [5.74, 6) is -0.606. The maximum atomic E-state index is 9.85. The molecule has 7 nitrogen and oxygen atoms in total. The van der Waals surface area contributed by atoms with Crippen molar-refractivity contribution in [1.82, 2.24) is 0 Å². The molecule has 1 aromatic rings. The Hall–Kier alpha value is -1.12. The molecule has 0 unspecified atom stereocenters. The van der Waals surface area contributed by atoms with Crippen molar-refractivity contribution >= 4 is 0 Å². The molecule has 19 heavy (non-hydrogen) atoms. The predicted molar refractivity (Wildman–Crippen MR) is 57.7 cm³/mol. The van der Waals surface area contributed by atoms with Crippen LogP contribution in [0.4, 0.5) is 0 Å². The number of hydrogen-bond donors (Lipinski definition) is 5. The minimum Gasteiger partial charge on any atom is -1.00 e. The summed E-state index contributed by atoms with van der Waals surface area (Å²) in [7, 11) is 0. The highest BCUT2D eigenvalue weighted by molar-refractivity contribution is 5.36. The third kappa shape index (κ3) is 2.60. The Morgan fingerprint density at radius 2 is 1.89 bits per heavy atom. The Kier molecular flexibility index (Phi) is 4.94. The second kappa shape index (κ2) is 5.89. The molecule has 1 fully saturated rings. The normalized spacial score (nSPS) is 30.1. The number of hydrogen-bond acceptors (Lipinski definition) is 6. The van der Waals surface area contributed by atoms with E-state index >= 15 is 0 Å². The number of aliphatic hydroxyl groups is 3. The highest BCUT2D eigenvalue weighted by Gasteiger charge is 2.48. The van der Waals surface area contributed by atoms with Gasteiger partial charge >= 0.3 is 0 Å². The van der Waals surface area contributed by atoms with E-state index in [9.17, 15) is 20.4 Å². The molecule has 0 aliphatic carbocycles. The first-order chi connectivity index (χ1) is 8.47. The quantitative estimate of drug-likeness (QED) is 0.350. The first-order valence-corrected chi connectivity index (χ1v) is 5.52. The molecule has 8 heteroatoms.